The molecule has 0 unspecified atom stereocenters. The molecule has 0 amide bonds. The fraction of sp³-hybridized carbons (Fsp3) is 0.0606. The van der Waals surface area contributed by atoms with Gasteiger partial charge in [0.1, 0.15) is 22.3 Å². The molecule has 4 heteroatoms. The summed E-state index contributed by atoms with van der Waals surface area (Å²) in [6.45, 7) is 8.77. The van der Waals surface area contributed by atoms with Crippen LogP contribution in [0.3, 0.4) is 0 Å². The van der Waals surface area contributed by atoms with Gasteiger partial charge in [-0.15, -0.1) is 0 Å². The van der Waals surface area contributed by atoms with E-state index in [4.69, 9.17) is 8.83 Å². The summed E-state index contributed by atoms with van der Waals surface area (Å²) in [7, 11) is 0. The summed E-state index contributed by atoms with van der Waals surface area (Å²) in [6.07, 6.45) is 0. The lowest BCUT2D eigenvalue weighted by molar-refractivity contribution is 0.663. The number of nitrogens with zero attached hydrogens (tertiary/aromatic N) is 2. The maximum Gasteiger partial charge on any atom is 0.136 e. The van der Waals surface area contributed by atoms with Crippen molar-refractivity contribution in [3.05, 3.63) is 241 Å². The van der Waals surface area contributed by atoms with E-state index in [2.05, 4.69) is 256 Å². The van der Waals surface area contributed by atoms with Gasteiger partial charge in [0.2, 0.25) is 0 Å². The summed E-state index contributed by atoms with van der Waals surface area (Å²) in [6, 6.07) is 78.8. The first-order valence-electron chi connectivity index (χ1n) is 24.1. The van der Waals surface area contributed by atoms with E-state index in [1.165, 1.54) is 44.5 Å². The van der Waals surface area contributed by atoms with Crippen LogP contribution in [0.2, 0.25) is 0 Å². The lowest BCUT2D eigenvalue weighted by atomic mass is 9.99. The SMILES string of the molecule is Cc1ccccc1N(c1ccc2cc3c(cc2c1)oc1ccc2oc4cc5cc(N(c6ccccc6C)c6cc(-c7ccccc7)ccc6C)ccc5cc4c2c13)c1cc(-c2ccccc2)ccc1C. The van der Waals surface area contributed by atoms with Gasteiger partial charge in [-0.2, -0.15) is 0 Å². The summed E-state index contributed by atoms with van der Waals surface area (Å²) < 4.78 is 13.5. The van der Waals surface area contributed by atoms with Gasteiger partial charge in [0.05, 0.1) is 0 Å². The van der Waals surface area contributed by atoms with Gasteiger partial charge in [0.25, 0.3) is 0 Å². The molecule has 4 nitrogen and oxygen atoms in total. The van der Waals surface area contributed by atoms with Crippen LogP contribution in [-0.2, 0) is 0 Å². The van der Waals surface area contributed by atoms with Crippen molar-refractivity contribution in [2.24, 2.45) is 0 Å². The van der Waals surface area contributed by atoms with E-state index in [-0.39, 0.29) is 0 Å². The Labute approximate surface area is 406 Å². The van der Waals surface area contributed by atoms with E-state index >= 15 is 0 Å². The molecule has 13 aromatic rings. The molecule has 11 aromatic carbocycles. The van der Waals surface area contributed by atoms with Crippen LogP contribution in [0.5, 0.6) is 0 Å². The average Bonchev–Trinajstić information content (AvgIpc) is 3.94. The Hall–Kier alpha value is -8.86. The number of hydrogen-bond acceptors (Lipinski definition) is 4. The molecule has 0 atom stereocenters. The second-order valence-corrected chi connectivity index (χ2v) is 18.8. The standard InChI is InChI=1S/C66H48N2O2/c1-41-15-11-13-21-57(41)67(59-37-49(25-23-43(59)3)45-17-7-5-8-18-45)53-29-27-47-35-55-63(39-51(47)33-53)69-61-31-32-62-66(65(55)61)56-36-48-28-30-54(34-52(48)40-64(56)70-62)68(58-22-14-12-16-42(58)2)60-38-50(26-24-44(60)4)46-19-9-6-10-20-46/h5-40H,1-4H3. The highest BCUT2D eigenvalue weighted by Gasteiger charge is 2.22. The van der Waals surface area contributed by atoms with Crippen LogP contribution in [0.4, 0.5) is 34.1 Å². The first-order valence-corrected chi connectivity index (χ1v) is 24.1. The van der Waals surface area contributed by atoms with Crippen molar-refractivity contribution >= 4 is 99.5 Å². The van der Waals surface area contributed by atoms with E-state index < -0.39 is 0 Å². The molecule has 0 N–H and O–H groups in total. The minimum atomic E-state index is 0.841. The molecule has 0 aliphatic carbocycles. The van der Waals surface area contributed by atoms with Crippen molar-refractivity contribution in [2.75, 3.05) is 9.80 Å². The quantitative estimate of drug-likeness (QED) is 0.152. The predicted octanol–water partition coefficient (Wildman–Crippen LogP) is 19.3. The zero-order chi connectivity index (χ0) is 47.0. The second-order valence-electron chi connectivity index (χ2n) is 18.8. The van der Waals surface area contributed by atoms with Crippen molar-refractivity contribution < 1.29 is 8.83 Å². The lowest BCUT2D eigenvalue weighted by Crippen LogP contribution is -2.12. The van der Waals surface area contributed by atoms with Crippen molar-refractivity contribution in [3.63, 3.8) is 0 Å². The molecule has 2 heterocycles. The number of anilines is 6. The van der Waals surface area contributed by atoms with Crippen LogP contribution in [0.15, 0.2) is 227 Å². The molecular formula is C66H48N2O2. The predicted molar refractivity (Wildman–Crippen MR) is 295 cm³/mol. The average molecular weight is 901 g/mol. The summed E-state index contributed by atoms with van der Waals surface area (Å²) in [5, 5.41) is 8.79. The molecule has 0 saturated carbocycles. The van der Waals surface area contributed by atoms with Gasteiger partial charge < -0.3 is 18.6 Å². The van der Waals surface area contributed by atoms with Gasteiger partial charge in [-0.1, -0.05) is 133 Å². The maximum atomic E-state index is 6.77. The Kier molecular flexibility index (Phi) is 9.70. The highest BCUT2D eigenvalue weighted by molar-refractivity contribution is 6.28. The van der Waals surface area contributed by atoms with E-state index in [9.17, 15) is 0 Å². The van der Waals surface area contributed by atoms with Crippen LogP contribution in [0.1, 0.15) is 22.3 Å². The zero-order valence-corrected chi connectivity index (χ0v) is 39.5. The van der Waals surface area contributed by atoms with Crippen LogP contribution >= 0.6 is 0 Å². The zero-order valence-electron chi connectivity index (χ0n) is 39.5. The van der Waals surface area contributed by atoms with Crippen molar-refractivity contribution in [3.8, 4) is 22.3 Å². The molecule has 0 spiro atoms. The summed E-state index contributed by atoms with van der Waals surface area (Å²) in [4.78, 5) is 4.80. The van der Waals surface area contributed by atoms with Crippen molar-refractivity contribution in [2.45, 2.75) is 27.7 Å². The van der Waals surface area contributed by atoms with Crippen molar-refractivity contribution in [1.82, 2.24) is 0 Å². The summed E-state index contributed by atoms with van der Waals surface area (Å²) in [5.74, 6) is 0. The fourth-order valence-electron chi connectivity index (χ4n) is 10.6. The normalized spacial score (nSPS) is 11.7. The molecule has 334 valence electrons. The maximum absolute atomic E-state index is 6.77. The third-order valence-electron chi connectivity index (χ3n) is 14.3. The summed E-state index contributed by atoms with van der Waals surface area (Å²) >= 11 is 0. The van der Waals surface area contributed by atoms with Gasteiger partial charge in [0, 0.05) is 55.7 Å². The molecule has 0 fully saturated rings. The molecule has 0 radical (unpaired) electrons. The Bertz CT molecular complexity index is 3910. The smallest absolute Gasteiger partial charge is 0.136 e. The number of aryl methyl sites for hydroxylation is 4. The molecule has 0 aliphatic heterocycles. The first kappa shape index (κ1) is 41.3. The van der Waals surface area contributed by atoms with E-state index in [0.29, 0.717) is 0 Å². The minimum absolute atomic E-state index is 0.841. The fourth-order valence-corrected chi connectivity index (χ4v) is 10.6. The lowest BCUT2D eigenvalue weighted by Gasteiger charge is -2.29. The number of furan rings is 2. The van der Waals surface area contributed by atoms with E-state index in [1.54, 1.807) is 0 Å². The first-order chi connectivity index (χ1) is 34.3. The van der Waals surface area contributed by atoms with Gasteiger partial charge in [-0.05, 0) is 179 Å². The number of benzene rings is 11. The van der Waals surface area contributed by atoms with Crippen LogP contribution in [0, 0.1) is 27.7 Å². The van der Waals surface area contributed by atoms with Crippen LogP contribution < -0.4 is 9.80 Å². The second kappa shape index (κ2) is 16.4. The Balaban J connectivity index is 0.932. The monoisotopic (exact) mass is 900 g/mol. The summed E-state index contributed by atoms with van der Waals surface area (Å²) in [5.41, 5.74) is 19.7. The van der Waals surface area contributed by atoms with Gasteiger partial charge in [-0.25, -0.2) is 0 Å². The molecule has 2 aromatic heterocycles. The van der Waals surface area contributed by atoms with E-state index in [0.717, 1.165) is 99.5 Å². The highest BCUT2D eigenvalue weighted by atomic mass is 16.3. The molecule has 0 aliphatic rings. The minimum Gasteiger partial charge on any atom is -0.456 e. The van der Waals surface area contributed by atoms with Crippen LogP contribution in [0.25, 0.3) is 87.7 Å². The van der Waals surface area contributed by atoms with Crippen LogP contribution in [-0.4, -0.2) is 0 Å². The largest absolute Gasteiger partial charge is 0.456 e. The Morgan fingerprint density at radius 3 is 1.10 bits per heavy atom. The molecule has 13 rings (SSSR count). The molecule has 70 heavy (non-hydrogen) atoms. The van der Waals surface area contributed by atoms with Gasteiger partial charge in [-0.3, -0.25) is 0 Å². The number of hydrogen-bond donors (Lipinski definition) is 0. The number of fused-ring (bicyclic) bond motifs is 9. The third-order valence-corrected chi connectivity index (χ3v) is 14.3. The molecular weight excluding hydrogens is 853 g/mol. The van der Waals surface area contributed by atoms with E-state index in [1.807, 2.05) is 0 Å². The Morgan fingerprint density at radius 2 is 0.671 bits per heavy atom. The number of para-hydroxylation sites is 2. The third kappa shape index (κ3) is 6.91. The highest BCUT2D eigenvalue weighted by Crippen LogP contribution is 2.46. The van der Waals surface area contributed by atoms with Gasteiger partial charge >= 0.3 is 0 Å². The van der Waals surface area contributed by atoms with Gasteiger partial charge in [0.15, 0.2) is 0 Å². The topological polar surface area (TPSA) is 32.8 Å². The Morgan fingerprint density at radius 1 is 0.271 bits per heavy atom. The molecule has 0 saturated heterocycles. The number of rotatable bonds is 8. The van der Waals surface area contributed by atoms with Crippen molar-refractivity contribution in [1.29, 1.82) is 0 Å². The molecule has 0 bridgehead atoms.